The fourth-order valence-corrected chi connectivity index (χ4v) is 7.05. The van der Waals surface area contributed by atoms with Crippen molar-refractivity contribution >= 4 is 75.7 Å². The smallest absolute Gasteiger partial charge is 0.405 e. The molecule has 0 aliphatic carbocycles. The Morgan fingerprint density at radius 2 is 0.903 bits per heavy atom. The van der Waals surface area contributed by atoms with Crippen LogP contribution < -0.4 is 5.46 Å². The van der Waals surface area contributed by atoms with Gasteiger partial charge in [0.25, 0.3) is 0 Å². The van der Waals surface area contributed by atoms with Crippen LogP contribution in [-0.4, -0.2) is 84.3 Å². The Balaban J connectivity index is 0.000000144. The van der Waals surface area contributed by atoms with Crippen molar-refractivity contribution in [3.63, 3.8) is 0 Å². The molecule has 6 aromatic rings. The second-order valence-electron chi connectivity index (χ2n) is 18.4. The first-order valence-electron chi connectivity index (χ1n) is 20.3. The molecule has 0 N–H and O–H groups in total. The molecule has 0 spiro atoms. The number of hydrogen-bond donors (Lipinski definition) is 0. The van der Waals surface area contributed by atoms with Crippen LogP contribution in [0.3, 0.4) is 0 Å². The predicted octanol–water partition coefficient (Wildman–Crippen LogP) is 9.25. The lowest BCUT2D eigenvalue weighted by Gasteiger charge is -2.32. The van der Waals surface area contributed by atoms with E-state index in [1.165, 1.54) is 0 Å². The Morgan fingerprint density at radius 1 is 0.516 bits per heavy atom. The van der Waals surface area contributed by atoms with Gasteiger partial charge < -0.3 is 27.9 Å². The van der Waals surface area contributed by atoms with Gasteiger partial charge in [0.15, 0.2) is 11.4 Å². The van der Waals surface area contributed by atoms with Gasteiger partial charge in [-0.1, -0.05) is 34.1 Å². The third-order valence-electron chi connectivity index (χ3n) is 12.6. The Kier molecular flexibility index (Phi) is 11.9. The van der Waals surface area contributed by atoms with Crippen LogP contribution in [-0.2, 0) is 27.9 Å². The van der Waals surface area contributed by atoms with Gasteiger partial charge in [-0.25, -0.2) is 29.0 Å². The van der Waals surface area contributed by atoms with Gasteiger partial charge in [0.2, 0.25) is 0 Å². The number of benzene rings is 2. The number of halogens is 1. The molecule has 0 amide bonds. The van der Waals surface area contributed by atoms with E-state index in [1.54, 1.807) is 58.4 Å². The van der Waals surface area contributed by atoms with E-state index < -0.39 is 32.3 Å². The largest absolute Gasteiger partial charge is 0.494 e. The minimum absolute atomic E-state index is 0.360. The van der Waals surface area contributed by atoms with Crippen molar-refractivity contribution in [1.82, 2.24) is 29.5 Å². The summed E-state index contributed by atoms with van der Waals surface area (Å²) in [6.07, 6.45) is 6.81. The molecule has 0 saturated carbocycles. The van der Waals surface area contributed by atoms with Gasteiger partial charge >= 0.3 is 21.1 Å². The molecule has 3 aliphatic heterocycles. The molecule has 9 rings (SSSR count). The zero-order chi connectivity index (χ0) is 45.0. The third kappa shape index (κ3) is 8.70. The lowest BCUT2D eigenvalue weighted by atomic mass is 9.49. The van der Waals surface area contributed by atoms with Gasteiger partial charge in [0.1, 0.15) is 11.6 Å². The first-order chi connectivity index (χ1) is 29.0. The lowest BCUT2D eigenvalue weighted by molar-refractivity contribution is 0.00578. The van der Waals surface area contributed by atoms with E-state index in [9.17, 15) is 0 Å². The number of hydrogen-bond acceptors (Lipinski definition) is 10. The molecule has 18 heteroatoms. The summed E-state index contributed by atoms with van der Waals surface area (Å²) in [6, 6.07) is 18.7. The summed E-state index contributed by atoms with van der Waals surface area (Å²) >= 11 is 3.44. The molecule has 0 unspecified atom stereocenters. The zero-order valence-electron chi connectivity index (χ0n) is 37.2. The highest BCUT2D eigenvalue weighted by molar-refractivity contribution is 9.10. The molecule has 3 fully saturated rings. The van der Waals surface area contributed by atoms with Crippen molar-refractivity contribution in [3.05, 3.63) is 113 Å². The molecule has 62 heavy (non-hydrogen) atoms. The van der Waals surface area contributed by atoms with Crippen LogP contribution in [0.15, 0.2) is 89.9 Å². The second kappa shape index (κ2) is 16.3. The van der Waals surface area contributed by atoms with Crippen molar-refractivity contribution in [3.8, 4) is 11.6 Å². The van der Waals surface area contributed by atoms with Gasteiger partial charge in [-0.3, -0.25) is 0 Å². The molecular formula is C44H50B3BrN8O6. The topological polar surface area (TPSA) is 126 Å². The second-order valence-corrected chi connectivity index (χ2v) is 19.4. The van der Waals surface area contributed by atoms with Crippen molar-refractivity contribution in [1.29, 1.82) is 0 Å². The maximum atomic E-state index is 7.19. The molecule has 3 aliphatic rings. The molecule has 2 aromatic carbocycles. The monoisotopic (exact) mass is 898 g/mol. The van der Waals surface area contributed by atoms with Crippen LogP contribution in [0.1, 0.15) is 83.1 Å². The van der Waals surface area contributed by atoms with E-state index in [1.807, 2.05) is 119 Å². The van der Waals surface area contributed by atoms with Gasteiger partial charge in [0, 0.05) is 27.6 Å². The summed E-state index contributed by atoms with van der Waals surface area (Å²) in [6.45, 7) is 38.6. The molecule has 14 nitrogen and oxygen atoms in total. The number of fused-ring (bicyclic) bond motifs is 2. The first-order valence-corrected chi connectivity index (χ1v) is 21.1. The Hall–Kier alpha value is -4.91. The molecule has 0 atom stereocenters. The van der Waals surface area contributed by atoms with E-state index in [2.05, 4.69) is 45.8 Å². The summed E-state index contributed by atoms with van der Waals surface area (Å²) in [7, 11) is -1.39. The predicted molar refractivity (Wildman–Crippen MR) is 246 cm³/mol. The normalized spacial score (nSPS) is 20.0. The molecule has 0 radical (unpaired) electrons. The summed E-state index contributed by atoms with van der Waals surface area (Å²) < 4.78 is 40.6. The Labute approximate surface area is 372 Å². The van der Waals surface area contributed by atoms with Crippen molar-refractivity contribution in [2.24, 2.45) is 0 Å². The van der Waals surface area contributed by atoms with Gasteiger partial charge in [0.05, 0.1) is 70.2 Å². The summed E-state index contributed by atoms with van der Waals surface area (Å²) in [5.74, 6) is 1.26. The highest BCUT2D eigenvalue weighted by Crippen LogP contribution is 2.43. The van der Waals surface area contributed by atoms with Crippen LogP contribution in [0.5, 0.6) is 0 Å². The van der Waals surface area contributed by atoms with E-state index >= 15 is 0 Å². The van der Waals surface area contributed by atoms with Gasteiger partial charge in [-0.05, 0) is 131 Å². The van der Waals surface area contributed by atoms with Crippen LogP contribution in [0, 0.1) is 13.1 Å². The number of rotatable bonds is 4. The van der Waals surface area contributed by atoms with Crippen molar-refractivity contribution < 1.29 is 27.9 Å². The summed E-state index contributed by atoms with van der Waals surface area (Å²) in [4.78, 5) is 15.5. The quantitative estimate of drug-likeness (QED) is 0.125. The maximum absolute atomic E-state index is 7.19. The molecule has 7 heterocycles. The summed E-state index contributed by atoms with van der Waals surface area (Å²) in [5.41, 5.74) is 1.64. The van der Waals surface area contributed by atoms with Crippen LogP contribution in [0.4, 0.5) is 11.4 Å². The van der Waals surface area contributed by atoms with E-state index in [4.69, 9.17) is 41.1 Å². The number of pyridine rings is 2. The SMILES string of the molecule is CC1(C)OB(B2OC(C)(C)C(C)(C)O2)OC1(C)C.[C-]#[N+]c1ccnc(-n2ncc3ccc(B4OC(C)(C)C(C)(C)O4)cc32)c1.[C-]#[N+]c1ccnc(-n2ncc3ccc(Br)cc32)c1. The van der Waals surface area contributed by atoms with E-state index in [-0.39, 0.29) is 22.4 Å². The van der Waals surface area contributed by atoms with Crippen molar-refractivity contribution in [2.45, 2.75) is 117 Å². The van der Waals surface area contributed by atoms with Gasteiger partial charge in [-0.15, -0.1) is 0 Å². The van der Waals surface area contributed by atoms with Crippen LogP contribution in [0.2, 0.25) is 0 Å². The zero-order valence-corrected chi connectivity index (χ0v) is 38.8. The highest BCUT2D eigenvalue weighted by Gasteiger charge is 2.63. The third-order valence-corrected chi connectivity index (χ3v) is 13.1. The van der Waals surface area contributed by atoms with Crippen LogP contribution >= 0.6 is 15.9 Å². The average molecular weight is 899 g/mol. The molecule has 0 bridgehead atoms. The lowest BCUT2D eigenvalue weighted by Crippen LogP contribution is -2.41. The average Bonchev–Trinajstić information content (AvgIpc) is 3.98. The molecule has 3 saturated heterocycles. The summed E-state index contributed by atoms with van der Waals surface area (Å²) in [5, 5.41) is 10.8. The Bertz CT molecular complexity index is 2640. The van der Waals surface area contributed by atoms with Crippen LogP contribution in [0.25, 0.3) is 43.1 Å². The minimum atomic E-state index is -0.476. The maximum Gasteiger partial charge on any atom is 0.494 e. The standard InChI is InChI=1S/C19H19BN4O2.C13H7BrN4.C12H24B2O4/c1-18(2)19(3,4)26-20(25-18)14-7-6-13-12-23-24(16(13)10-14)17-11-15(21-5)8-9-22-17;1-15-11-4-5-16-13(7-11)18-12-6-10(14)3-2-9(12)8-17-18;1-9(2)10(3,4)16-13(15-9)14-17-11(5,6)12(7,8)18-14/h6-12H,1-4H3;2-8H;1-8H3. The minimum Gasteiger partial charge on any atom is -0.405 e. The van der Waals surface area contributed by atoms with Gasteiger partial charge in [-0.2, -0.15) is 10.2 Å². The number of aromatic nitrogens is 6. The molecule has 4 aromatic heterocycles. The van der Waals surface area contributed by atoms with E-state index in [0.717, 1.165) is 31.7 Å². The van der Waals surface area contributed by atoms with Crippen molar-refractivity contribution in [2.75, 3.05) is 0 Å². The first kappa shape index (κ1) is 45.1. The fourth-order valence-electron chi connectivity index (χ4n) is 6.70. The van der Waals surface area contributed by atoms with E-state index in [0.29, 0.717) is 23.0 Å². The molecular weight excluding hydrogens is 849 g/mol. The molecule has 318 valence electrons. The fraction of sp³-hybridized carbons (Fsp3) is 0.409. The highest BCUT2D eigenvalue weighted by atomic mass is 79.9. The number of nitrogens with zero attached hydrogens (tertiary/aromatic N) is 8. The Morgan fingerprint density at radius 3 is 1.32 bits per heavy atom.